The number of carbonyl (C=O) groups is 2. The molecular weight excluding hydrogens is 490 g/mol. The molecule has 36 heavy (non-hydrogen) atoms. The first kappa shape index (κ1) is 25.2. The van der Waals surface area contributed by atoms with Gasteiger partial charge in [0.15, 0.2) is 0 Å². The van der Waals surface area contributed by atoms with E-state index >= 15 is 0 Å². The average Bonchev–Trinajstić information content (AvgIpc) is 3.47. The van der Waals surface area contributed by atoms with E-state index in [0.717, 1.165) is 68.7 Å². The van der Waals surface area contributed by atoms with Crippen molar-refractivity contribution in [3.63, 3.8) is 0 Å². The fourth-order valence-electron chi connectivity index (χ4n) is 5.49. The Bertz CT molecular complexity index is 1190. The lowest BCUT2D eigenvalue weighted by Gasteiger charge is -2.27. The molecule has 1 N–H and O–H groups in total. The maximum atomic E-state index is 13.4. The first-order chi connectivity index (χ1) is 17.6. The van der Waals surface area contributed by atoms with E-state index in [1.54, 1.807) is 27.6 Å². The molecule has 0 radical (unpaired) electrons. The van der Waals surface area contributed by atoms with Crippen molar-refractivity contribution in [1.82, 2.24) is 9.88 Å². The highest BCUT2D eigenvalue weighted by atomic mass is 32.1. The van der Waals surface area contributed by atoms with Crippen molar-refractivity contribution >= 4 is 49.9 Å². The Balaban J connectivity index is 1.40. The SMILES string of the molecule is CCCCC1CCC(C(=O)Nc2sc3c(c2-c2nc4ccccc4s2)CCN(C(=O)OCC)C3)CC1. The number of unbranched alkanes of at least 4 members (excludes halogenated alkanes) is 1. The van der Waals surface area contributed by atoms with Crippen LogP contribution in [-0.4, -0.2) is 35.0 Å². The third kappa shape index (κ3) is 5.30. The summed E-state index contributed by atoms with van der Waals surface area (Å²) in [6.07, 6.45) is 8.52. The van der Waals surface area contributed by atoms with E-state index in [4.69, 9.17) is 9.72 Å². The summed E-state index contributed by atoms with van der Waals surface area (Å²) >= 11 is 3.26. The van der Waals surface area contributed by atoms with Crippen molar-refractivity contribution in [3.8, 4) is 10.6 Å². The summed E-state index contributed by atoms with van der Waals surface area (Å²) in [4.78, 5) is 33.6. The van der Waals surface area contributed by atoms with E-state index in [1.165, 1.54) is 24.8 Å². The molecule has 2 amide bonds. The van der Waals surface area contributed by atoms with E-state index in [1.807, 2.05) is 25.1 Å². The van der Waals surface area contributed by atoms with Gasteiger partial charge in [0.1, 0.15) is 10.0 Å². The number of benzene rings is 1. The van der Waals surface area contributed by atoms with Crippen molar-refractivity contribution in [3.05, 3.63) is 34.7 Å². The Hall–Kier alpha value is -2.45. The van der Waals surface area contributed by atoms with Crippen LogP contribution in [0.4, 0.5) is 9.80 Å². The second kappa shape index (κ2) is 11.3. The number of nitrogens with zero attached hydrogens (tertiary/aromatic N) is 2. The molecule has 1 aliphatic carbocycles. The minimum atomic E-state index is -0.275. The quantitative estimate of drug-likeness (QED) is 0.347. The molecule has 0 spiro atoms. The van der Waals surface area contributed by atoms with Gasteiger partial charge < -0.3 is 15.0 Å². The minimum absolute atomic E-state index is 0.0706. The summed E-state index contributed by atoms with van der Waals surface area (Å²) in [7, 11) is 0. The number of hydrogen-bond acceptors (Lipinski definition) is 6. The lowest BCUT2D eigenvalue weighted by atomic mass is 9.79. The van der Waals surface area contributed by atoms with Crippen molar-refractivity contribution in [1.29, 1.82) is 0 Å². The second-order valence-corrected chi connectivity index (χ2v) is 12.1. The van der Waals surface area contributed by atoms with Crippen LogP contribution in [0, 0.1) is 11.8 Å². The van der Waals surface area contributed by atoms with Crippen molar-refractivity contribution in [2.75, 3.05) is 18.5 Å². The van der Waals surface area contributed by atoms with Crippen LogP contribution in [0.2, 0.25) is 0 Å². The van der Waals surface area contributed by atoms with Gasteiger partial charge in [-0.25, -0.2) is 9.78 Å². The third-order valence-electron chi connectivity index (χ3n) is 7.51. The number of thiophene rings is 1. The lowest BCUT2D eigenvalue weighted by Crippen LogP contribution is -2.35. The Morgan fingerprint density at radius 2 is 1.94 bits per heavy atom. The molecule has 1 saturated carbocycles. The Kier molecular flexibility index (Phi) is 7.91. The van der Waals surface area contributed by atoms with Crippen LogP contribution < -0.4 is 5.32 Å². The molecule has 0 unspecified atom stereocenters. The topological polar surface area (TPSA) is 71.5 Å². The van der Waals surface area contributed by atoms with Crippen molar-refractivity contribution in [2.45, 2.75) is 71.8 Å². The van der Waals surface area contributed by atoms with Gasteiger partial charge in [0, 0.05) is 22.9 Å². The Morgan fingerprint density at radius 1 is 1.14 bits per heavy atom. The highest BCUT2D eigenvalue weighted by Crippen LogP contribution is 2.46. The number of amides is 2. The van der Waals surface area contributed by atoms with Crippen LogP contribution in [0.25, 0.3) is 20.8 Å². The first-order valence-electron chi connectivity index (χ1n) is 13.3. The molecule has 1 fully saturated rings. The van der Waals surface area contributed by atoms with Crippen molar-refractivity contribution in [2.24, 2.45) is 11.8 Å². The summed E-state index contributed by atoms with van der Waals surface area (Å²) in [6.45, 7) is 5.56. The van der Waals surface area contributed by atoms with Gasteiger partial charge in [-0.2, -0.15) is 0 Å². The highest BCUT2D eigenvalue weighted by Gasteiger charge is 2.32. The number of anilines is 1. The summed E-state index contributed by atoms with van der Waals surface area (Å²) in [5.41, 5.74) is 3.23. The van der Waals surface area contributed by atoms with Crippen LogP contribution in [0.1, 0.15) is 69.2 Å². The maximum absolute atomic E-state index is 13.4. The molecule has 8 heteroatoms. The molecule has 192 valence electrons. The predicted octanol–water partition coefficient (Wildman–Crippen LogP) is 7.47. The standard InChI is InChI=1S/C28H35N3O3S2/c1-3-5-8-18-11-13-19(14-12-18)25(32)30-27-24(26-29-21-9-6-7-10-22(21)35-26)20-15-16-31(17-23(20)36-27)28(33)34-4-2/h6-7,9-10,18-19H,3-5,8,11-17H2,1-2H3,(H,30,32). The average molecular weight is 526 g/mol. The molecule has 0 saturated heterocycles. The number of hydrogen-bond donors (Lipinski definition) is 1. The van der Waals surface area contributed by atoms with Gasteiger partial charge in [-0.05, 0) is 62.6 Å². The van der Waals surface area contributed by atoms with Crippen LogP contribution in [0.15, 0.2) is 24.3 Å². The van der Waals surface area contributed by atoms with Crippen LogP contribution in [0.5, 0.6) is 0 Å². The largest absolute Gasteiger partial charge is 0.450 e. The van der Waals surface area contributed by atoms with Gasteiger partial charge in [0.25, 0.3) is 0 Å². The first-order valence-corrected chi connectivity index (χ1v) is 14.9. The Morgan fingerprint density at radius 3 is 2.69 bits per heavy atom. The molecule has 2 aliphatic rings. The van der Waals surface area contributed by atoms with Gasteiger partial charge in [-0.3, -0.25) is 4.79 Å². The van der Waals surface area contributed by atoms with E-state index in [9.17, 15) is 9.59 Å². The zero-order valence-corrected chi connectivity index (χ0v) is 22.8. The number of para-hydroxylation sites is 1. The molecule has 0 bridgehead atoms. The van der Waals surface area contributed by atoms with Crippen LogP contribution in [0.3, 0.4) is 0 Å². The molecule has 0 atom stereocenters. The third-order valence-corrected chi connectivity index (χ3v) is 9.70. The zero-order valence-electron chi connectivity index (χ0n) is 21.2. The molecule has 5 rings (SSSR count). The summed E-state index contributed by atoms with van der Waals surface area (Å²) in [5.74, 6) is 0.976. The number of rotatable bonds is 7. The minimum Gasteiger partial charge on any atom is -0.450 e. The fourth-order valence-corrected chi connectivity index (χ4v) is 7.86. The van der Waals surface area contributed by atoms with Crippen LogP contribution in [-0.2, 0) is 22.5 Å². The molecule has 3 heterocycles. The summed E-state index contributed by atoms with van der Waals surface area (Å²) in [6, 6.07) is 8.16. The monoisotopic (exact) mass is 525 g/mol. The number of ether oxygens (including phenoxy) is 1. The number of carbonyl (C=O) groups excluding carboxylic acids is 2. The smallest absolute Gasteiger partial charge is 0.410 e. The van der Waals surface area contributed by atoms with E-state index < -0.39 is 0 Å². The highest BCUT2D eigenvalue weighted by molar-refractivity contribution is 7.22. The van der Waals surface area contributed by atoms with Gasteiger partial charge in [-0.1, -0.05) is 38.3 Å². The second-order valence-electron chi connectivity index (χ2n) is 9.91. The number of aromatic nitrogens is 1. The van der Waals surface area contributed by atoms with E-state index in [-0.39, 0.29) is 17.9 Å². The van der Waals surface area contributed by atoms with E-state index in [2.05, 4.69) is 18.3 Å². The van der Waals surface area contributed by atoms with Gasteiger partial charge in [-0.15, -0.1) is 22.7 Å². The molecule has 3 aromatic rings. The predicted molar refractivity (Wildman–Crippen MR) is 148 cm³/mol. The van der Waals surface area contributed by atoms with E-state index in [0.29, 0.717) is 19.7 Å². The van der Waals surface area contributed by atoms with Gasteiger partial charge in [0.05, 0.1) is 23.4 Å². The number of nitrogens with one attached hydrogen (secondary N) is 1. The number of fused-ring (bicyclic) bond motifs is 2. The molecule has 2 aromatic heterocycles. The van der Waals surface area contributed by atoms with Gasteiger partial charge in [0.2, 0.25) is 5.91 Å². The summed E-state index contributed by atoms with van der Waals surface area (Å²) in [5, 5.41) is 5.14. The zero-order chi connectivity index (χ0) is 25.1. The maximum Gasteiger partial charge on any atom is 0.410 e. The fraction of sp³-hybridized carbons (Fsp3) is 0.536. The Labute approximate surface area is 221 Å². The lowest BCUT2D eigenvalue weighted by molar-refractivity contribution is -0.121. The molecule has 6 nitrogen and oxygen atoms in total. The normalized spacial score (nSPS) is 19.8. The van der Waals surface area contributed by atoms with Gasteiger partial charge >= 0.3 is 6.09 Å². The number of thiazole rings is 1. The van der Waals surface area contributed by atoms with Crippen molar-refractivity contribution < 1.29 is 14.3 Å². The molecule has 1 aliphatic heterocycles. The molecular formula is C28H35N3O3S2. The summed E-state index contributed by atoms with van der Waals surface area (Å²) < 4.78 is 6.38. The van der Waals surface area contributed by atoms with Crippen LogP contribution >= 0.6 is 22.7 Å². The molecule has 1 aromatic carbocycles.